The Morgan fingerprint density at radius 2 is 0.559 bits per heavy atom. The average molecular weight is 871 g/mol. The Kier molecular flexibility index (Phi) is 12.0. The SMILES string of the molecule is C1=CC(c2ccc(N(c3ccc(-c4ccccc4)cc3)c3ccc(-c4ccc(N(c5ccc(-c6ccccc6)cc5)c5ccc(-c6ccccc6)cc5)cc4)cc3)c(-c3ccccc3)c2)=CCC1. The summed E-state index contributed by atoms with van der Waals surface area (Å²) in [6.45, 7) is 0. The van der Waals surface area contributed by atoms with Crippen LogP contribution in [0.4, 0.5) is 34.1 Å². The van der Waals surface area contributed by atoms with E-state index in [4.69, 9.17) is 0 Å². The summed E-state index contributed by atoms with van der Waals surface area (Å²) in [4.78, 5) is 4.75. The van der Waals surface area contributed by atoms with E-state index in [9.17, 15) is 0 Å². The van der Waals surface area contributed by atoms with E-state index >= 15 is 0 Å². The molecule has 0 amide bonds. The van der Waals surface area contributed by atoms with Crippen molar-refractivity contribution in [3.05, 3.63) is 285 Å². The zero-order chi connectivity index (χ0) is 45.5. The van der Waals surface area contributed by atoms with Gasteiger partial charge in [0, 0.05) is 34.0 Å². The van der Waals surface area contributed by atoms with Crippen LogP contribution >= 0.6 is 0 Å². The van der Waals surface area contributed by atoms with Gasteiger partial charge in [0.15, 0.2) is 0 Å². The number of nitrogens with zero attached hydrogens (tertiary/aromatic N) is 2. The van der Waals surface area contributed by atoms with Crippen molar-refractivity contribution in [1.29, 1.82) is 0 Å². The van der Waals surface area contributed by atoms with Crippen molar-refractivity contribution >= 4 is 39.7 Å². The van der Waals surface area contributed by atoms with Crippen LogP contribution in [0.3, 0.4) is 0 Å². The Morgan fingerprint density at radius 1 is 0.250 bits per heavy atom. The van der Waals surface area contributed by atoms with Crippen molar-refractivity contribution in [3.63, 3.8) is 0 Å². The molecule has 0 saturated heterocycles. The summed E-state index contributed by atoms with van der Waals surface area (Å²) >= 11 is 0. The Balaban J connectivity index is 0.949. The van der Waals surface area contributed by atoms with Crippen molar-refractivity contribution in [3.8, 4) is 55.6 Å². The predicted molar refractivity (Wildman–Crippen MR) is 289 cm³/mol. The van der Waals surface area contributed by atoms with Crippen molar-refractivity contribution in [1.82, 2.24) is 0 Å². The van der Waals surface area contributed by atoms with E-state index in [2.05, 4.69) is 289 Å². The van der Waals surface area contributed by atoms with Gasteiger partial charge in [0.1, 0.15) is 0 Å². The van der Waals surface area contributed by atoms with Gasteiger partial charge < -0.3 is 9.80 Å². The van der Waals surface area contributed by atoms with E-state index in [-0.39, 0.29) is 0 Å². The molecule has 11 rings (SSSR count). The second kappa shape index (κ2) is 19.4. The monoisotopic (exact) mass is 870 g/mol. The molecule has 0 N–H and O–H groups in total. The molecule has 10 aromatic rings. The van der Waals surface area contributed by atoms with Gasteiger partial charge in [-0.25, -0.2) is 0 Å². The minimum atomic E-state index is 1.06. The molecule has 68 heavy (non-hydrogen) atoms. The molecule has 0 bridgehead atoms. The molecule has 0 radical (unpaired) electrons. The van der Waals surface area contributed by atoms with Gasteiger partial charge in [-0.2, -0.15) is 0 Å². The first-order valence-electron chi connectivity index (χ1n) is 23.6. The van der Waals surface area contributed by atoms with Crippen LogP contribution in [0.1, 0.15) is 18.4 Å². The molecule has 324 valence electrons. The van der Waals surface area contributed by atoms with Gasteiger partial charge in [0.25, 0.3) is 0 Å². The van der Waals surface area contributed by atoms with Crippen LogP contribution in [0.2, 0.25) is 0 Å². The van der Waals surface area contributed by atoms with E-state index in [0.717, 1.165) is 58.1 Å². The topological polar surface area (TPSA) is 6.48 Å². The van der Waals surface area contributed by atoms with Crippen LogP contribution in [0.25, 0.3) is 61.2 Å². The lowest BCUT2D eigenvalue weighted by atomic mass is 9.93. The third-order valence-electron chi connectivity index (χ3n) is 12.9. The molecule has 1 aliphatic carbocycles. The van der Waals surface area contributed by atoms with Gasteiger partial charge in [-0.15, -0.1) is 0 Å². The van der Waals surface area contributed by atoms with E-state index in [1.165, 1.54) is 55.6 Å². The van der Waals surface area contributed by atoms with Gasteiger partial charge >= 0.3 is 0 Å². The van der Waals surface area contributed by atoms with Gasteiger partial charge in [-0.3, -0.25) is 0 Å². The molecule has 0 aliphatic heterocycles. The first-order valence-corrected chi connectivity index (χ1v) is 23.6. The number of rotatable bonds is 12. The zero-order valence-corrected chi connectivity index (χ0v) is 37.9. The summed E-state index contributed by atoms with van der Waals surface area (Å²) in [5.41, 5.74) is 21.0. The molecule has 1 aliphatic rings. The number of allylic oxidation sites excluding steroid dienone is 4. The second-order valence-corrected chi connectivity index (χ2v) is 17.2. The fourth-order valence-corrected chi connectivity index (χ4v) is 9.37. The second-order valence-electron chi connectivity index (χ2n) is 17.2. The molecule has 2 nitrogen and oxygen atoms in total. The Labute approximate surface area is 400 Å². The highest BCUT2D eigenvalue weighted by atomic mass is 15.1. The number of benzene rings is 10. The number of hydrogen-bond donors (Lipinski definition) is 0. The van der Waals surface area contributed by atoms with Crippen LogP contribution in [0.15, 0.2) is 279 Å². The van der Waals surface area contributed by atoms with E-state index in [0.29, 0.717) is 0 Å². The summed E-state index contributed by atoms with van der Waals surface area (Å²) in [6.07, 6.45) is 9.06. The largest absolute Gasteiger partial charge is 0.311 e. The summed E-state index contributed by atoms with van der Waals surface area (Å²) in [6, 6.07) is 94.2. The predicted octanol–water partition coefficient (Wildman–Crippen LogP) is 18.7. The Hall–Kier alpha value is -8.72. The maximum Gasteiger partial charge on any atom is 0.0540 e. The van der Waals surface area contributed by atoms with Crippen molar-refractivity contribution in [2.24, 2.45) is 0 Å². The smallest absolute Gasteiger partial charge is 0.0540 e. The molecular formula is C66H50N2. The van der Waals surface area contributed by atoms with Crippen LogP contribution in [-0.2, 0) is 0 Å². The Bertz CT molecular complexity index is 3220. The molecule has 0 atom stereocenters. The molecule has 0 saturated carbocycles. The minimum absolute atomic E-state index is 1.06. The Morgan fingerprint density at radius 3 is 0.897 bits per heavy atom. The molecule has 0 aromatic heterocycles. The fourth-order valence-electron chi connectivity index (χ4n) is 9.37. The third kappa shape index (κ3) is 8.96. The first-order chi connectivity index (χ1) is 33.7. The molecular weight excluding hydrogens is 821 g/mol. The maximum atomic E-state index is 2.41. The van der Waals surface area contributed by atoms with E-state index in [1.807, 2.05) is 0 Å². The maximum absolute atomic E-state index is 2.41. The highest BCUT2D eigenvalue weighted by Gasteiger charge is 2.20. The lowest BCUT2D eigenvalue weighted by Gasteiger charge is -2.29. The molecule has 2 heteroatoms. The quantitative estimate of drug-likeness (QED) is 0.121. The normalized spacial score (nSPS) is 12.0. The van der Waals surface area contributed by atoms with Gasteiger partial charge in [-0.1, -0.05) is 206 Å². The lowest BCUT2D eigenvalue weighted by Crippen LogP contribution is -2.11. The van der Waals surface area contributed by atoms with Crippen molar-refractivity contribution in [2.45, 2.75) is 12.8 Å². The third-order valence-corrected chi connectivity index (χ3v) is 12.9. The minimum Gasteiger partial charge on any atom is -0.311 e. The summed E-state index contributed by atoms with van der Waals surface area (Å²) in [5, 5.41) is 0. The van der Waals surface area contributed by atoms with Gasteiger partial charge in [-0.05, 0) is 147 Å². The summed E-state index contributed by atoms with van der Waals surface area (Å²) < 4.78 is 0. The summed E-state index contributed by atoms with van der Waals surface area (Å²) in [5.74, 6) is 0. The van der Waals surface area contributed by atoms with Crippen molar-refractivity contribution < 1.29 is 0 Å². The van der Waals surface area contributed by atoms with Gasteiger partial charge in [0.2, 0.25) is 0 Å². The van der Waals surface area contributed by atoms with Crippen molar-refractivity contribution in [2.75, 3.05) is 9.80 Å². The van der Waals surface area contributed by atoms with E-state index < -0.39 is 0 Å². The van der Waals surface area contributed by atoms with Crippen LogP contribution in [0.5, 0.6) is 0 Å². The summed E-state index contributed by atoms with van der Waals surface area (Å²) in [7, 11) is 0. The molecule has 0 fully saturated rings. The standard InChI is InChI=1S/C66H50N2/c1-6-16-49(17-7-1)53-26-37-60(38-27-53)67(61-39-28-54(29-40-61)50-18-8-2-9-19-50)62-41-30-56(31-42-62)57-34-45-64(46-35-57)68(63-43-32-55(33-44-63)51-20-10-3-11-21-51)66-47-36-59(52-22-12-4-13-23-52)48-65(66)58-24-14-5-15-25-58/h1-3,5-12,14-48H,4,13H2. The van der Waals surface area contributed by atoms with Crippen LogP contribution < -0.4 is 9.80 Å². The first kappa shape index (κ1) is 41.9. The highest BCUT2D eigenvalue weighted by Crippen LogP contribution is 2.44. The van der Waals surface area contributed by atoms with Crippen LogP contribution in [-0.4, -0.2) is 0 Å². The lowest BCUT2D eigenvalue weighted by molar-refractivity contribution is 1.04. The molecule has 0 spiro atoms. The molecule has 0 unspecified atom stereocenters. The molecule has 10 aromatic carbocycles. The number of anilines is 6. The average Bonchev–Trinajstić information content (AvgIpc) is 3.43. The van der Waals surface area contributed by atoms with Gasteiger partial charge in [0.05, 0.1) is 5.69 Å². The zero-order valence-electron chi connectivity index (χ0n) is 37.9. The molecule has 0 heterocycles. The van der Waals surface area contributed by atoms with E-state index in [1.54, 1.807) is 0 Å². The highest BCUT2D eigenvalue weighted by molar-refractivity contribution is 5.92. The number of hydrogen-bond acceptors (Lipinski definition) is 2. The van der Waals surface area contributed by atoms with Crippen LogP contribution in [0, 0.1) is 0 Å². The fraction of sp³-hybridized carbons (Fsp3) is 0.0303.